The van der Waals surface area contributed by atoms with Crippen molar-refractivity contribution in [3.05, 3.63) is 42.2 Å². The van der Waals surface area contributed by atoms with Gasteiger partial charge in [0.2, 0.25) is 0 Å². The first kappa shape index (κ1) is 18.1. The first-order chi connectivity index (χ1) is 11.6. The molecule has 0 aliphatic carbocycles. The second-order valence-corrected chi connectivity index (χ2v) is 5.91. The predicted octanol–water partition coefficient (Wildman–Crippen LogP) is 2.67. The highest BCUT2D eigenvalue weighted by Crippen LogP contribution is 2.22. The van der Waals surface area contributed by atoms with Crippen LogP contribution >= 0.6 is 11.8 Å². The number of esters is 1. The second kappa shape index (κ2) is 8.54. The number of nitrogens with one attached hydrogen (secondary N) is 1. The summed E-state index contributed by atoms with van der Waals surface area (Å²) in [7, 11) is 0. The molecule has 128 valence electrons. The largest absolute Gasteiger partial charge is 0.448 e. The minimum absolute atomic E-state index is 0.292. The maximum atomic E-state index is 12.5. The zero-order chi connectivity index (χ0) is 17.5. The van der Waals surface area contributed by atoms with Crippen molar-refractivity contribution in [3.63, 3.8) is 0 Å². The van der Waals surface area contributed by atoms with Gasteiger partial charge < -0.3 is 10.1 Å². The SMILES string of the molecule is CCCNC(=O)[C@H](C)OC(=O)c1cnc(SC)n1-c1ccccc1. The monoisotopic (exact) mass is 347 g/mol. The fourth-order valence-corrected chi connectivity index (χ4v) is 2.66. The molecule has 0 bridgehead atoms. The molecule has 1 heterocycles. The van der Waals surface area contributed by atoms with Gasteiger partial charge in [-0.25, -0.2) is 9.78 Å². The molecular weight excluding hydrogens is 326 g/mol. The van der Waals surface area contributed by atoms with E-state index in [0.717, 1.165) is 12.1 Å². The number of carbonyl (C=O) groups is 2. The minimum atomic E-state index is -0.860. The zero-order valence-electron chi connectivity index (χ0n) is 14.0. The Bertz CT molecular complexity index is 700. The third kappa shape index (κ3) is 4.17. The molecule has 1 amide bonds. The molecule has 1 N–H and O–H groups in total. The standard InChI is InChI=1S/C17H21N3O3S/c1-4-10-18-15(21)12(2)23-16(22)14-11-19-17(24-3)20(14)13-8-6-5-7-9-13/h5-9,11-12H,4,10H2,1-3H3,(H,18,21)/t12-/m0/s1. The topological polar surface area (TPSA) is 73.2 Å². The summed E-state index contributed by atoms with van der Waals surface area (Å²) in [5.41, 5.74) is 1.11. The van der Waals surface area contributed by atoms with Crippen molar-refractivity contribution in [3.8, 4) is 5.69 Å². The summed E-state index contributed by atoms with van der Waals surface area (Å²) >= 11 is 1.43. The van der Waals surface area contributed by atoms with Crippen LogP contribution in [0.5, 0.6) is 0 Å². The number of benzene rings is 1. The van der Waals surface area contributed by atoms with Crippen LogP contribution < -0.4 is 5.32 Å². The molecule has 2 rings (SSSR count). The Balaban J connectivity index is 2.21. The van der Waals surface area contributed by atoms with Crippen LogP contribution in [0.4, 0.5) is 0 Å². The van der Waals surface area contributed by atoms with Gasteiger partial charge in [-0.1, -0.05) is 36.9 Å². The lowest BCUT2D eigenvalue weighted by Crippen LogP contribution is -2.36. The van der Waals surface area contributed by atoms with Crippen molar-refractivity contribution >= 4 is 23.6 Å². The van der Waals surface area contributed by atoms with E-state index < -0.39 is 12.1 Å². The van der Waals surface area contributed by atoms with E-state index in [-0.39, 0.29) is 5.91 Å². The van der Waals surface area contributed by atoms with Crippen molar-refractivity contribution < 1.29 is 14.3 Å². The highest BCUT2D eigenvalue weighted by Gasteiger charge is 2.23. The quantitative estimate of drug-likeness (QED) is 0.616. The van der Waals surface area contributed by atoms with E-state index in [1.165, 1.54) is 18.0 Å². The third-order valence-corrected chi connectivity index (χ3v) is 3.99. The third-order valence-electron chi connectivity index (χ3n) is 3.34. The number of rotatable bonds is 7. The van der Waals surface area contributed by atoms with E-state index in [4.69, 9.17) is 4.74 Å². The molecule has 0 spiro atoms. The van der Waals surface area contributed by atoms with Gasteiger partial charge in [0.05, 0.1) is 6.20 Å². The van der Waals surface area contributed by atoms with Crippen molar-refractivity contribution in [1.82, 2.24) is 14.9 Å². The highest BCUT2D eigenvalue weighted by atomic mass is 32.2. The summed E-state index contributed by atoms with van der Waals surface area (Å²) < 4.78 is 7.02. The summed E-state index contributed by atoms with van der Waals surface area (Å²) in [4.78, 5) is 28.6. The Morgan fingerprint density at radius 1 is 1.33 bits per heavy atom. The van der Waals surface area contributed by atoms with Crippen molar-refractivity contribution in [1.29, 1.82) is 0 Å². The highest BCUT2D eigenvalue weighted by molar-refractivity contribution is 7.98. The predicted molar refractivity (Wildman–Crippen MR) is 93.5 cm³/mol. The Kier molecular flexibility index (Phi) is 6.43. The smallest absolute Gasteiger partial charge is 0.357 e. The molecule has 7 heteroatoms. The normalized spacial score (nSPS) is 11.8. The van der Waals surface area contributed by atoms with Crippen LogP contribution in [0.25, 0.3) is 5.69 Å². The maximum Gasteiger partial charge on any atom is 0.357 e. The first-order valence-corrected chi connectivity index (χ1v) is 8.96. The Morgan fingerprint density at radius 3 is 2.67 bits per heavy atom. The fraction of sp³-hybridized carbons (Fsp3) is 0.353. The number of para-hydroxylation sites is 1. The molecule has 0 saturated carbocycles. The van der Waals surface area contributed by atoms with Gasteiger partial charge in [0.25, 0.3) is 5.91 Å². The zero-order valence-corrected chi connectivity index (χ0v) is 14.8. The van der Waals surface area contributed by atoms with Crippen LogP contribution in [0.1, 0.15) is 30.8 Å². The minimum Gasteiger partial charge on any atom is -0.448 e. The molecule has 0 fully saturated rings. The summed E-state index contributed by atoms with van der Waals surface area (Å²) in [6.45, 7) is 4.07. The summed E-state index contributed by atoms with van der Waals surface area (Å²) in [6.07, 6.45) is 3.32. The van der Waals surface area contributed by atoms with Gasteiger partial charge in [-0.2, -0.15) is 0 Å². The van der Waals surface area contributed by atoms with E-state index in [0.29, 0.717) is 17.4 Å². The Morgan fingerprint density at radius 2 is 2.04 bits per heavy atom. The number of nitrogens with zero attached hydrogens (tertiary/aromatic N) is 2. The number of aromatic nitrogens is 2. The molecule has 2 aromatic rings. The molecule has 0 saturated heterocycles. The average molecular weight is 347 g/mol. The van der Waals surface area contributed by atoms with Gasteiger partial charge in [0.15, 0.2) is 17.0 Å². The second-order valence-electron chi connectivity index (χ2n) is 5.14. The van der Waals surface area contributed by atoms with Crippen molar-refractivity contribution in [2.45, 2.75) is 31.5 Å². The van der Waals surface area contributed by atoms with Crippen LogP contribution in [-0.2, 0) is 9.53 Å². The molecular formula is C17H21N3O3S. The van der Waals surface area contributed by atoms with Gasteiger partial charge in [0, 0.05) is 12.2 Å². The maximum absolute atomic E-state index is 12.5. The van der Waals surface area contributed by atoms with Crippen LogP contribution in [0.3, 0.4) is 0 Å². The number of hydrogen-bond donors (Lipinski definition) is 1. The van der Waals surface area contributed by atoms with E-state index in [1.54, 1.807) is 11.5 Å². The number of imidazole rings is 1. The first-order valence-electron chi connectivity index (χ1n) is 7.74. The number of amides is 1. The molecule has 1 aromatic carbocycles. The molecule has 1 atom stereocenters. The van der Waals surface area contributed by atoms with E-state index in [1.807, 2.05) is 43.5 Å². The summed E-state index contributed by atoms with van der Waals surface area (Å²) in [6, 6.07) is 9.44. The summed E-state index contributed by atoms with van der Waals surface area (Å²) in [5, 5.41) is 3.39. The lowest BCUT2D eigenvalue weighted by atomic mass is 10.3. The van der Waals surface area contributed by atoms with E-state index in [9.17, 15) is 9.59 Å². The van der Waals surface area contributed by atoms with Crippen LogP contribution in [-0.4, -0.2) is 40.3 Å². The lowest BCUT2D eigenvalue weighted by molar-refractivity contribution is -0.129. The van der Waals surface area contributed by atoms with Gasteiger partial charge in [0.1, 0.15) is 0 Å². The average Bonchev–Trinajstić information content (AvgIpc) is 3.04. The van der Waals surface area contributed by atoms with Gasteiger partial charge in [-0.05, 0) is 31.7 Å². The number of thioether (sulfide) groups is 1. The van der Waals surface area contributed by atoms with Gasteiger partial charge in [-0.15, -0.1) is 0 Å². The molecule has 0 aliphatic heterocycles. The summed E-state index contributed by atoms with van der Waals surface area (Å²) in [5.74, 6) is -0.883. The van der Waals surface area contributed by atoms with Gasteiger partial charge >= 0.3 is 5.97 Å². The van der Waals surface area contributed by atoms with Crippen molar-refractivity contribution in [2.75, 3.05) is 12.8 Å². The van der Waals surface area contributed by atoms with Gasteiger partial charge in [-0.3, -0.25) is 9.36 Å². The van der Waals surface area contributed by atoms with E-state index in [2.05, 4.69) is 10.3 Å². The number of carbonyl (C=O) groups excluding carboxylic acids is 2. The number of hydrogen-bond acceptors (Lipinski definition) is 5. The van der Waals surface area contributed by atoms with Crippen molar-refractivity contribution in [2.24, 2.45) is 0 Å². The molecule has 0 aliphatic rings. The molecule has 6 nitrogen and oxygen atoms in total. The van der Waals surface area contributed by atoms with Crippen LogP contribution in [0.15, 0.2) is 41.7 Å². The number of ether oxygens (including phenoxy) is 1. The lowest BCUT2D eigenvalue weighted by Gasteiger charge is -2.14. The Hall–Kier alpha value is -2.28. The molecule has 24 heavy (non-hydrogen) atoms. The van der Waals surface area contributed by atoms with Crippen LogP contribution in [0, 0.1) is 0 Å². The molecule has 0 radical (unpaired) electrons. The Labute approximate surface area is 145 Å². The molecule has 1 aromatic heterocycles. The van der Waals surface area contributed by atoms with Crippen LogP contribution in [0.2, 0.25) is 0 Å². The fourth-order valence-electron chi connectivity index (χ4n) is 2.12. The van der Waals surface area contributed by atoms with E-state index >= 15 is 0 Å². The molecule has 0 unspecified atom stereocenters.